The molecule has 8 atom stereocenters. The zero-order chi connectivity index (χ0) is 29.6. The predicted molar refractivity (Wildman–Crippen MR) is 141 cm³/mol. The lowest BCUT2D eigenvalue weighted by Crippen LogP contribution is -2.74. The number of aliphatic hydroxyl groups excluding tert-OH is 4. The van der Waals surface area contributed by atoms with Gasteiger partial charge in [0.25, 0.3) is 0 Å². The van der Waals surface area contributed by atoms with Gasteiger partial charge in [-0.25, -0.2) is 4.79 Å². The number of nitrogens with zero attached hydrogens (tertiary/aromatic N) is 1. The highest BCUT2D eigenvalue weighted by atomic mass is 16.7. The van der Waals surface area contributed by atoms with Gasteiger partial charge in [-0.1, -0.05) is 36.4 Å². The maximum Gasteiger partial charge on any atom is 0.333 e. The van der Waals surface area contributed by atoms with Crippen LogP contribution in [0.3, 0.4) is 0 Å². The van der Waals surface area contributed by atoms with Crippen molar-refractivity contribution < 1.29 is 54.1 Å². The lowest BCUT2D eigenvalue weighted by Gasteiger charge is -2.56. The Balaban J connectivity index is 1.58. The van der Waals surface area contributed by atoms with Gasteiger partial charge < -0.3 is 49.5 Å². The minimum absolute atomic E-state index is 0.205. The van der Waals surface area contributed by atoms with Crippen molar-refractivity contribution in [3.05, 3.63) is 47.1 Å². The number of carboxylic acid groups (broad SMARTS) is 1. The molecular weight excluding hydrogens is 538 g/mol. The number of methoxy groups -OCH3 is 1. The van der Waals surface area contributed by atoms with Crippen LogP contribution in [0.25, 0.3) is 12.3 Å². The lowest BCUT2D eigenvalue weighted by atomic mass is 9.62. The molecular formula is C29H36NO11-. The molecule has 1 aromatic rings. The van der Waals surface area contributed by atoms with Gasteiger partial charge in [0.05, 0.1) is 32.5 Å². The Bertz CT molecular complexity index is 1330. The van der Waals surface area contributed by atoms with E-state index in [1.54, 1.807) is 18.3 Å². The van der Waals surface area contributed by atoms with Gasteiger partial charge in [-0.05, 0) is 24.1 Å². The number of ether oxygens (including phenoxy) is 4. The number of carbonyl (C=O) groups excluding carboxylic acids is 1. The van der Waals surface area contributed by atoms with Crippen LogP contribution in [0.2, 0.25) is 0 Å². The third kappa shape index (κ3) is 4.62. The fourth-order valence-corrected chi connectivity index (χ4v) is 7.09. The van der Waals surface area contributed by atoms with Gasteiger partial charge in [-0.15, -0.1) is 6.58 Å². The SMILES string of the molecule is C=CC1C(CC(=O)O)C(C(=O)OC)=CC2(CCCC2)C1OC1(CO)OC(CO)C2(C=c3cc[n-]c3=CO2)C(O)C1O. The summed E-state index contributed by atoms with van der Waals surface area (Å²) >= 11 is 0. The van der Waals surface area contributed by atoms with Gasteiger partial charge in [-0.2, -0.15) is 6.20 Å². The number of esters is 1. The summed E-state index contributed by atoms with van der Waals surface area (Å²) < 4.78 is 23.5. The normalized spacial score (nSPS) is 37.3. The summed E-state index contributed by atoms with van der Waals surface area (Å²) in [5, 5.41) is 54.9. The molecule has 0 radical (unpaired) electrons. The highest BCUT2D eigenvalue weighted by molar-refractivity contribution is 5.90. The van der Waals surface area contributed by atoms with Crippen LogP contribution in [-0.4, -0.2) is 93.6 Å². The second kappa shape index (κ2) is 11.0. The number of rotatable bonds is 8. The van der Waals surface area contributed by atoms with E-state index in [0.29, 0.717) is 23.4 Å². The molecule has 1 aromatic heterocycles. The second-order valence-electron chi connectivity index (χ2n) is 11.3. The van der Waals surface area contributed by atoms with Crippen LogP contribution >= 0.6 is 0 Å². The van der Waals surface area contributed by atoms with E-state index < -0.39 is 84.6 Å². The van der Waals surface area contributed by atoms with E-state index >= 15 is 0 Å². The van der Waals surface area contributed by atoms with E-state index in [-0.39, 0.29) is 5.57 Å². The highest BCUT2D eigenvalue weighted by Crippen LogP contribution is 2.55. The Kier molecular flexibility index (Phi) is 7.92. The average Bonchev–Trinajstić information content (AvgIpc) is 3.64. The first-order valence-electron chi connectivity index (χ1n) is 13.7. The van der Waals surface area contributed by atoms with Crippen molar-refractivity contribution in [1.29, 1.82) is 0 Å². The Morgan fingerprint density at radius 3 is 2.54 bits per heavy atom. The molecule has 0 aromatic carbocycles. The predicted octanol–water partition coefficient (Wildman–Crippen LogP) is -1.32. The van der Waals surface area contributed by atoms with Gasteiger partial charge in [0.2, 0.25) is 5.79 Å². The molecule has 5 rings (SSSR count). The van der Waals surface area contributed by atoms with Crippen LogP contribution in [0, 0.1) is 17.3 Å². The zero-order valence-corrected chi connectivity index (χ0v) is 22.7. The third-order valence-corrected chi connectivity index (χ3v) is 9.13. The monoisotopic (exact) mass is 574 g/mol. The molecule has 41 heavy (non-hydrogen) atoms. The summed E-state index contributed by atoms with van der Waals surface area (Å²) in [6.07, 6.45) is 4.03. The first-order valence-corrected chi connectivity index (χ1v) is 13.7. The topological polar surface area (TPSA) is 186 Å². The van der Waals surface area contributed by atoms with Crippen LogP contribution in [0.15, 0.2) is 36.6 Å². The number of carbonyl (C=O) groups is 2. The molecule has 1 saturated carbocycles. The first kappa shape index (κ1) is 29.5. The summed E-state index contributed by atoms with van der Waals surface area (Å²) in [5.41, 5.74) is -2.33. The van der Waals surface area contributed by atoms with Gasteiger partial charge in [-0.3, -0.25) is 4.79 Å². The van der Waals surface area contributed by atoms with Crippen molar-refractivity contribution in [2.75, 3.05) is 20.3 Å². The van der Waals surface area contributed by atoms with Crippen molar-refractivity contribution in [1.82, 2.24) is 4.98 Å². The molecule has 3 heterocycles. The van der Waals surface area contributed by atoms with Crippen molar-refractivity contribution in [3.8, 4) is 0 Å². The molecule has 2 aliphatic heterocycles. The first-order chi connectivity index (χ1) is 19.6. The summed E-state index contributed by atoms with van der Waals surface area (Å²) in [4.78, 5) is 28.9. The van der Waals surface area contributed by atoms with E-state index in [1.165, 1.54) is 25.5 Å². The highest BCUT2D eigenvalue weighted by Gasteiger charge is 2.65. The second-order valence-corrected chi connectivity index (χ2v) is 11.3. The van der Waals surface area contributed by atoms with Crippen molar-refractivity contribution in [3.63, 3.8) is 0 Å². The number of carboxylic acids is 1. The van der Waals surface area contributed by atoms with Crippen molar-refractivity contribution >= 4 is 24.3 Å². The maximum atomic E-state index is 12.8. The molecule has 2 aliphatic carbocycles. The van der Waals surface area contributed by atoms with Gasteiger partial charge in [0.15, 0.2) is 5.60 Å². The largest absolute Gasteiger partial charge is 0.661 e. The molecule has 12 heteroatoms. The molecule has 5 N–H and O–H groups in total. The molecule has 8 unspecified atom stereocenters. The smallest absolute Gasteiger partial charge is 0.333 e. The Morgan fingerprint density at radius 1 is 1.20 bits per heavy atom. The lowest BCUT2D eigenvalue weighted by molar-refractivity contribution is -0.400. The third-order valence-electron chi connectivity index (χ3n) is 9.13. The number of fused-ring (bicyclic) bond motifs is 1. The number of aliphatic hydroxyl groups is 4. The van der Waals surface area contributed by atoms with Gasteiger partial charge in [0.1, 0.15) is 24.9 Å². The standard InChI is InChI=1S/C29H36NO11/c1-3-17-18(10-22(33)34)19(26(37)38-2)12-27(7-4-5-8-27)25(17)41-29(15-32)24(36)23(35)28(21(13-31)40-29)11-16-6-9-30-20(16)14-39-28/h3,6,9,11-12,14,17-18,21,23-25,31-32,35-36H,1,4-5,7-8,10,13,15H2,2H3,(H,33,34)/q-1. The summed E-state index contributed by atoms with van der Waals surface area (Å²) in [7, 11) is 1.23. The number of hydrogen-bond donors (Lipinski definition) is 5. The Hall–Kier alpha value is -3.00. The summed E-state index contributed by atoms with van der Waals surface area (Å²) in [6, 6.07) is 1.68. The molecule has 224 valence electrons. The van der Waals surface area contributed by atoms with Crippen molar-refractivity contribution in [2.24, 2.45) is 17.3 Å². The number of hydrogen-bond acceptors (Lipinski definition) is 10. The minimum Gasteiger partial charge on any atom is -0.661 e. The minimum atomic E-state index is -2.24. The van der Waals surface area contributed by atoms with Crippen LogP contribution in [0.5, 0.6) is 0 Å². The Labute approximate surface area is 236 Å². The van der Waals surface area contributed by atoms with Gasteiger partial charge >= 0.3 is 11.9 Å². The van der Waals surface area contributed by atoms with E-state index in [1.807, 2.05) is 0 Å². The zero-order valence-electron chi connectivity index (χ0n) is 22.7. The number of aliphatic carboxylic acids is 1. The van der Waals surface area contributed by atoms with Crippen LogP contribution < -0.4 is 15.6 Å². The summed E-state index contributed by atoms with van der Waals surface area (Å²) in [6.45, 7) is 2.33. The fourth-order valence-electron chi connectivity index (χ4n) is 7.09. The number of aromatic nitrogens is 1. The van der Waals surface area contributed by atoms with Crippen LogP contribution in [0.1, 0.15) is 32.1 Å². The molecule has 4 aliphatic rings. The maximum absolute atomic E-state index is 12.8. The van der Waals surface area contributed by atoms with E-state index in [9.17, 15) is 35.1 Å². The quantitative estimate of drug-likeness (QED) is 0.183. The van der Waals surface area contributed by atoms with E-state index in [4.69, 9.17) is 18.9 Å². The molecule has 0 amide bonds. The molecule has 0 bridgehead atoms. The molecule has 2 fully saturated rings. The van der Waals surface area contributed by atoms with Crippen LogP contribution in [0.4, 0.5) is 0 Å². The molecule has 2 spiro atoms. The Morgan fingerprint density at radius 2 is 1.93 bits per heavy atom. The van der Waals surface area contributed by atoms with Gasteiger partial charge in [0, 0.05) is 22.8 Å². The average molecular weight is 575 g/mol. The fraction of sp³-hybridized carbons (Fsp3) is 0.586. The summed E-state index contributed by atoms with van der Waals surface area (Å²) in [5.74, 6) is -5.70. The molecule has 1 saturated heterocycles. The van der Waals surface area contributed by atoms with E-state index in [2.05, 4.69) is 11.6 Å². The van der Waals surface area contributed by atoms with E-state index in [0.717, 1.165) is 12.8 Å². The van der Waals surface area contributed by atoms with Crippen molar-refractivity contribution in [2.45, 2.75) is 67.9 Å². The van der Waals surface area contributed by atoms with Crippen LogP contribution in [-0.2, 0) is 28.5 Å². The molecule has 12 nitrogen and oxygen atoms in total.